The number of urea groups is 1. The van der Waals surface area contributed by atoms with Gasteiger partial charge in [0.15, 0.2) is 11.5 Å². The summed E-state index contributed by atoms with van der Waals surface area (Å²) in [6, 6.07) is 11.4. The topological polar surface area (TPSA) is 97.9 Å². The Kier molecular flexibility index (Phi) is 4.37. The van der Waals surface area contributed by atoms with Gasteiger partial charge in [-0.2, -0.15) is 0 Å². The molecule has 3 rings (SSSR count). The summed E-state index contributed by atoms with van der Waals surface area (Å²) >= 11 is 0. The quantitative estimate of drug-likeness (QED) is 0.803. The van der Waals surface area contributed by atoms with Gasteiger partial charge < -0.3 is 24.8 Å². The van der Waals surface area contributed by atoms with Crippen LogP contribution in [0.2, 0.25) is 0 Å². The van der Waals surface area contributed by atoms with E-state index in [1.165, 1.54) is 7.11 Å². The molecule has 2 aromatic carbocycles. The van der Waals surface area contributed by atoms with Crippen molar-refractivity contribution in [1.29, 1.82) is 0 Å². The van der Waals surface area contributed by atoms with Gasteiger partial charge in [-0.1, -0.05) is 6.07 Å². The largest absolute Gasteiger partial charge is 0.454 e. The highest BCUT2D eigenvalue weighted by Crippen LogP contribution is 2.34. The van der Waals surface area contributed by atoms with Gasteiger partial charge in [-0.3, -0.25) is 5.32 Å². The molecule has 0 unspecified atom stereocenters. The van der Waals surface area contributed by atoms with Crippen molar-refractivity contribution in [1.82, 2.24) is 0 Å². The number of rotatable bonds is 3. The maximum Gasteiger partial charge on any atom is 0.411 e. The SMILES string of the molecule is COC(=O)Nc1cccc(NC(=O)Nc2ccc3c(c2)OCO3)c1. The zero-order chi connectivity index (χ0) is 16.9. The lowest BCUT2D eigenvalue weighted by atomic mass is 10.2. The molecule has 0 aliphatic carbocycles. The highest BCUT2D eigenvalue weighted by atomic mass is 16.7. The summed E-state index contributed by atoms with van der Waals surface area (Å²) < 4.78 is 15.0. The number of anilines is 3. The number of ether oxygens (including phenoxy) is 3. The summed E-state index contributed by atoms with van der Waals surface area (Å²) in [6.45, 7) is 0.172. The number of benzene rings is 2. The molecule has 0 atom stereocenters. The van der Waals surface area contributed by atoms with E-state index < -0.39 is 12.1 Å². The number of hydrogen-bond donors (Lipinski definition) is 3. The Hall–Kier alpha value is -3.42. The molecule has 124 valence electrons. The van der Waals surface area contributed by atoms with Crippen molar-refractivity contribution < 1.29 is 23.8 Å². The maximum atomic E-state index is 12.1. The molecule has 8 nitrogen and oxygen atoms in total. The van der Waals surface area contributed by atoms with Crippen molar-refractivity contribution in [2.45, 2.75) is 0 Å². The van der Waals surface area contributed by atoms with Crippen LogP contribution in [0.15, 0.2) is 42.5 Å². The van der Waals surface area contributed by atoms with E-state index >= 15 is 0 Å². The van der Waals surface area contributed by atoms with Gasteiger partial charge in [-0.15, -0.1) is 0 Å². The van der Waals surface area contributed by atoms with E-state index in [4.69, 9.17) is 9.47 Å². The number of hydrogen-bond acceptors (Lipinski definition) is 5. The van der Waals surface area contributed by atoms with E-state index in [-0.39, 0.29) is 6.79 Å². The third-order valence-corrected chi connectivity index (χ3v) is 3.18. The number of methoxy groups -OCH3 is 1. The minimum absolute atomic E-state index is 0.172. The second-order valence-electron chi connectivity index (χ2n) is 4.84. The van der Waals surface area contributed by atoms with Gasteiger partial charge in [0.2, 0.25) is 6.79 Å². The van der Waals surface area contributed by atoms with Crippen LogP contribution in [0.25, 0.3) is 0 Å². The second-order valence-corrected chi connectivity index (χ2v) is 4.84. The number of carbonyl (C=O) groups is 2. The smallest absolute Gasteiger partial charge is 0.411 e. The Balaban J connectivity index is 1.62. The Labute approximate surface area is 137 Å². The fourth-order valence-electron chi connectivity index (χ4n) is 2.11. The summed E-state index contributed by atoms with van der Waals surface area (Å²) in [5.41, 5.74) is 1.59. The Morgan fingerprint density at radius 2 is 1.58 bits per heavy atom. The molecule has 1 aliphatic heterocycles. The summed E-state index contributed by atoms with van der Waals surface area (Å²) in [4.78, 5) is 23.3. The first-order valence-electron chi connectivity index (χ1n) is 7.07. The highest BCUT2D eigenvalue weighted by Gasteiger charge is 2.14. The molecule has 0 aromatic heterocycles. The lowest BCUT2D eigenvalue weighted by molar-refractivity contribution is 0.174. The standard InChI is InChI=1S/C16H15N3O5/c1-22-16(21)19-11-4-2-3-10(7-11)17-15(20)18-12-5-6-13-14(8-12)24-9-23-13/h2-8H,9H2,1H3,(H,19,21)(H2,17,18,20). The summed E-state index contributed by atoms with van der Waals surface area (Å²) in [7, 11) is 1.27. The number of carbonyl (C=O) groups excluding carboxylic acids is 2. The molecule has 2 aromatic rings. The summed E-state index contributed by atoms with van der Waals surface area (Å²) in [5, 5.41) is 7.89. The fourth-order valence-corrected chi connectivity index (χ4v) is 2.11. The van der Waals surface area contributed by atoms with Crippen molar-refractivity contribution in [2.24, 2.45) is 0 Å². The lowest BCUT2D eigenvalue weighted by Gasteiger charge is -2.10. The van der Waals surface area contributed by atoms with Crippen LogP contribution in [0.3, 0.4) is 0 Å². The molecule has 0 radical (unpaired) electrons. The number of fused-ring (bicyclic) bond motifs is 1. The van der Waals surface area contributed by atoms with E-state index in [1.807, 2.05) is 0 Å². The fraction of sp³-hybridized carbons (Fsp3) is 0.125. The van der Waals surface area contributed by atoms with Crippen LogP contribution in [-0.4, -0.2) is 26.0 Å². The van der Waals surface area contributed by atoms with Gasteiger partial charge in [0.25, 0.3) is 0 Å². The summed E-state index contributed by atoms with van der Waals surface area (Å²) in [5.74, 6) is 1.22. The van der Waals surface area contributed by atoms with Crippen molar-refractivity contribution in [3.63, 3.8) is 0 Å². The van der Waals surface area contributed by atoms with E-state index in [9.17, 15) is 9.59 Å². The van der Waals surface area contributed by atoms with Crippen molar-refractivity contribution in [3.05, 3.63) is 42.5 Å². The molecule has 0 fully saturated rings. The van der Waals surface area contributed by atoms with E-state index in [0.717, 1.165) is 0 Å². The average molecular weight is 329 g/mol. The Bertz CT molecular complexity index is 778. The van der Waals surface area contributed by atoms with Crippen LogP contribution < -0.4 is 25.4 Å². The van der Waals surface area contributed by atoms with Crippen LogP contribution >= 0.6 is 0 Å². The molecule has 3 N–H and O–H groups in total. The Morgan fingerprint density at radius 1 is 0.917 bits per heavy atom. The normalized spacial score (nSPS) is 11.5. The zero-order valence-corrected chi connectivity index (χ0v) is 12.8. The van der Waals surface area contributed by atoms with Crippen molar-refractivity contribution in [2.75, 3.05) is 29.9 Å². The average Bonchev–Trinajstić information content (AvgIpc) is 3.02. The van der Waals surface area contributed by atoms with Crippen molar-refractivity contribution >= 4 is 29.2 Å². The molecule has 1 aliphatic rings. The molecular weight excluding hydrogens is 314 g/mol. The first kappa shape index (κ1) is 15.5. The molecular formula is C16H15N3O5. The van der Waals surface area contributed by atoms with Gasteiger partial charge in [-0.05, 0) is 30.3 Å². The third-order valence-electron chi connectivity index (χ3n) is 3.18. The van der Waals surface area contributed by atoms with Crippen LogP contribution in [0.1, 0.15) is 0 Å². The molecule has 8 heteroatoms. The number of amides is 3. The maximum absolute atomic E-state index is 12.1. The second kappa shape index (κ2) is 6.78. The van der Waals surface area contributed by atoms with Gasteiger partial charge in [0.1, 0.15) is 0 Å². The molecule has 0 saturated carbocycles. The first-order chi connectivity index (χ1) is 11.6. The zero-order valence-electron chi connectivity index (χ0n) is 12.8. The monoisotopic (exact) mass is 329 g/mol. The van der Waals surface area contributed by atoms with Crippen LogP contribution in [0.4, 0.5) is 26.7 Å². The number of nitrogens with one attached hydrogen (secondary N) is 3. The van der Waals surface area contributed by atoms with Gasteiger partial charge in [0.05, 0.1) is 7.11 Å². The minimum atomic E-state index is -0.586. The molecule has 0 bridgehead atoms. The van der Waals surface area contributed by atoms with Crippen LogP contribution in [-0.2, 0) is 4.74 Å². The molecule has 24 heavy (non-hydrogen) atoms. The van der Waals surface area contributed by atoms with Crippen LogP contribution in [0.5, 0.6) is 11.5 Å². The van der Waals surface area contributed by atoms with Gasteiger partial charge >= 0.3 is 12.1 Å². The Morgan fingerprint density at radius 3 is 2.33 bits per heavy atom. The third kappa shape index (κ3) is 3.67. The first-order valence-corrected chi connectivity index (χ1v) is 7.07. The van der Waals surface area contributed by atoms with Gasteiger partial charge in [0, 0.05) is 23.1 Å². The summed E-state index contributed by atoms with van der Waals surface area (Å²) in [6.07, 6.45) is -0.586. The molecule has 1 heterocycles. The van der Waals surface area contributed by atoms with E-state index in [2.05, 4.69) is 20.7 Å². The minimum Gasteiger partial charge on any atom is -0.454 e. The predicted octanol–water partition coefficient (Wildman–Crippen LogP) is 3.24. The van der Waals surface area contributed by atoms with Crippen LogP contribution in [0, 0.1) is 0 Å². The molecule has 0 spiro atoms. The van der Waals surface area contributed by atoms with E-state index in [0.29, 0.717) is 28.6 Å². The molecule has 3 amide bonds. The lowest BCUT2D eigenvalue weighted by Crippen LogP contribution is -2.19. The van der Waals surface area contributed by atoms with E-state index in [1.54, 1.807) is 42.5 Å². The highest BCUT2D eigenvalue weighted by molar-refractivity contribution is 6.00. The molecule has 0 saturated heterocycles. The van der Waals surface area contributed by atoms with Crippen molar-refractivity contribution in [3.8, 4) is 11.5 Å². The van der Waals surface area contributed by atoms with Gasteiger partial charge in [-0.25, -0.2) is 9.59 Å². The predicted molar refractivity (Wildman–Crippen MR) is 87.7 cm³/mol.